The van der Waals surface area contributed by atoms with Crippen molar-refractivity contribution in [1.82, 2.24) is 24.6 Å². The monoisotopic (exact) mass is 354 g/mol. The van der Waals surface area contributed by atoms with E-state index in [1.165, 1.54) is 31.3 Å². The maximum Gasteiger partial charge on any atom is 0.258 e. The number of nitrogens with one attached hydrogen (secondary N) is 1. The number of rotatable bonds is 5. The first kappa shape index (κ1) is 17.2. The Bertz CT molecular complexity index is 773. The van der Waals surface area contributed by atoms with Crippen molar-refractivity contribution in [3.63, 3.8) is 0 Å². The number of carbonyl (C=O) groups is 1. The summed E-state index contributed by atoms with van der Waals surface area (Å²) in [4.78, 5) is 21.8. The van der Waals surface area contributed by atoms with Crippen molar-refractivity contribution < 1.29 is 4.79 Å². The maximum atomic E-state index is 12.6. The number of benzene rings is 1. The number of hydrogen-bond donors (Lipinski definition) is 1. The minimum Gasteiger partial charge on any atom is -0.298 e. The maximum absolute atomic E-state index is 12.6. The highest BCUT2D eigenvalue weighted by Gasteiger charge is 2.30. The van der Waals surface area contributed by atoms with Crippen LogP contribution in [0.15, 0.2) is 30.6 Å². The number of aromatic nitrogens is 3. The highest BCUT2D eigenvalue weighted by atomic mass is 16.1. The van der Waals surface area contributed by atoms with E-state index in [9.17, 15) is 4.79 Å². The fraction of sp³-hybridized carbons (Fsp3) is 0.526. The lowest BCUT2D eigenvalue weighted by Crippen LogP contribution is -2.49. The van der Waals surface area contributed by atoms with Crippen LogP contribution in [0.2, 0.25) is 0 Å². The molecule has 2 aliphatic rings. The van der Waals surface area contributed by atoms with E-state index in [1.807, 2.05) is 25.1 Å². The van der Waals surface area contributed by atoms with E-state index in [-0.39, 0.29) is 5.91 Å². The third kappa shape index (κ3) is 3.64. The molecule has 0 unspecified atom stereocenters. The average Bonchev–Trinajstić information content (AvgIpc) is 3.30. The molecular weight excluding hydrogens is 328 g/mol. The summed E-state index contributed by atoms with van der Waals surface area (Å²) in [6.07, 6.45) is 4.10. The summed E-state index contributed by atoms with van der Waals surface area (Å²) in [5, 5.41) is 6.93. The van der Waals surface area contributed by atoms with Crippen LogP contribution >= 0.6 is 0 Å². The Balaban J connectivity index is 1.40. The summed E-state index contributed by atoms with van der Waals surface area (Å²) in [6, 6.07) is 8.62. The van der Waals surface area contributed by atoms with E-state index in [4.69, 9.17) is 0 Å². The summed E-state index contributed by atoms with van der Waals surface area (Å²) in [5.74, 6) is 0.343. The summed E-state index contributed by atoms with van der Waals surface area (Å²) in [7, 11) is 0. The van der Waals surface area contributed by atoms with Gasteiger partial charge in [-0.3, -0.25) is 19.9 Å². The van der Waals surface area contributed by atoms with Gasteiger partial charge in [-0.1, -0.05) is 12.1 Å². The Morgan fingerprint density at radius 3 is 3.12 bits per heavy atom. The number of nitrogens with zero attached hydrogens (tertiary/aromatic N) is 5. The van der Waals surface area contributed by atoms with Gasteiger partial charge in [-0.15, -0.1) is 0 Å². The molecule has 1 N–H and O–H groups in total. The third-order valence-corrected chi connectivity index (χ3v) is 5.41. The van der Waals surface area contributed by atoms with Gasteiger partial charge in [0.25, 0.3) is 5.91 Å². The van der Waals surface area contributed by atoms with Crippen molar-refractivity contribution in [2.45, 2.75) is 38.9 Å². The van der Waals surface area contributed by atoms with Crippen LogP contribution in [0.3, 0.4) is 0 Å². The van der Waals surface area contributed by atoms with E-state index >= 15 is 0 Å². The zero-order chi connectivity index (χ0) is 17.9. The second-order valence-corrected chi connectivity index (χ2v) is 7.12. The zero-order valence-corrected chi connectivity index (χ0v) is 15.3. The summed E-state index contributed by atoms with van der Waals surface area (Å²) in [5.41, 5.74) is 1.84. The molecule has 7 nitrogen and oxygen atoms in total. The summed E-state index contributed by atoms with van der Waals surface area (Å²) >= 11 is 0. The minimum atomic E-state index is -0.143. The van der Waals surface area contributed by atoms with Crippen molar-refractivity contribution in [2.24, 2.45) is 0 Å². The summed E-state index contributed by atoms with van der Waals surface area (Å²) < 4.78 is 1.67. The number of carbonyl (C=O) groups excluding carboxylic acids is 1. The van der Waals surface area contributed by atoms with Crippen molar-refractivity contribution >= 4 is 11.9 Å². The van der Waals surface area contributed by atoms with Gasteiger partial charge in [-0.2, -0.15) is 10.1 Å². The lowest BCUT2D eigenvalue weighted by molar-refractivity contribution is 0.0990. The topological polar surface area (TPSA) is 66.3 Å². The van der Waals surface area contributed by atoms with Crippen molar-refractivity contribution in [1.29, 1.82) is 0 Å². The first-order chi connectivity index (χ1) is 12.7. The Morgan fingerprint density at radius 2 is 2.23 bits per heavy atom. The second kappa shape index (κ2) is 7.55. The zero-order valence-electron chi connectivity index (χ0n) is 15.3. The van der Waals surface area contributed by atoms with Gasteiger partial charge in [0.15, 0.2) is 0 Å². The quantitative estimate of drug-likeness (QED) is 0.887. The number of anilines is 1. The van der Waals surface area contributed by atoms with E-state index in [0.717, 1.165) is 32.2 Å². The molecule has 26 heavy (non-hydrogen) atoms. The van der Waals surface area contributed by atoms with E-state index < -0.39 is 0 Å². The van der Waals surface area contributed by atoms with Gasteiger partial charge in [-0.25, -0.2) is 4.68 Å². The predicted octanol–water partition coefficient (Wildman–Crippen LogP) is 1.83. The first-order valence-corrected chi connectivity index (χ1v) is 9.47. The smallest absolute Gasteiger partial charge is 0.258 e. The Kier molecular flexibility index (Phi) is 4.99. The molecule has 1 atom stereocenters. The number of hydrogen-bond acceptors (Lipinski definition) is 5. The van der Waals surface area contributed by atoms with Gasteiger partial charge in [0.1, 0.15) is 6.33 Å². The Hall–Kier alpha value is -2.25. The standard InChI is InChI=1S/C19H26N6O/c1-2-25-19(20-14-21-25)22-18(26)16-6-3-5-15(11-16)12-23-9-10-24-8-4-7-17(24)13-23/h3,5-6,11,14,17H,2,4,7-10,12-13H2,1H3,(H,20,21,22,26)/t17-/m0/s1. The van der Waals surface area contributed by atoms with Crippen molar-refractivity contribution in [3.05, 3.63) is 41.7 Å². The fourth-order valence-electron chi connectivity index (χ4n) is 4.03. The number of fused-ring (bicyclic) bond motifs is 1. The van der Waals surface area contributed by atoms with E-state index in [0.29, 0.717) is 18.1 Å². The molecule has 4 rings (SSSR count). The molecule has 1 aromatic carbocycles. The molecule has 1 aromatic heterocycles. The van der Waals surface area contributed by atoms with Crippen molar-refractivity contribution in [2.75, 3.05) is 31.5 Å². The third-order valence-electron chi connectivity index (χ3n) is 5.41. The van der Waals surface area contributed by atoms with Crippen LogP contribution in [-0.2, 0) is 13.1 Å². The van der Waals surface area contributed by atoms with Crippen LogP contribution in [-0.4, -0.2) is 62.7 Å². The molecule has 2 saturated heterocycles. The van der Waals surface area contributed by atoms with Gasteiger partial charge < -0.3 is 0 Å². The average molecular weight is 354 g/mol. The van der Waals surface area contributed by atoms with E-state index in [2.05, 4.69) is 31.3 Å². The molecule has 2 aromatic rings. The molecule has 3 heterocycles. The van der Waals surface area contributed by atoms with Crippen LogP contribution in [0.5, 0.6) is 0 Å². The lowest BCUT2D eigenvalue weighted by atomic mass is 10.1. The first-order valence-electron chi connectivity index (χ1n) is 9.47. The highest BCUT2D eigenvalue weighted by molar-refractivity contribution is 6.03. The van der Waals surface area contributed by atoms with Gasteiger partial charge >= 0.3 is 0 Å². The molecule has 0 radical (unpaired) electrons. The van der Waals surface area contributed by atoms with Gasteiger partial charge in [0.2, 0.25) is 5.95 Å². The number of aryl methyl sites for hydroxylation is 1. The molecule has 2 aliphatic heterocycles. The number of piperazine rings is 1. The van der Waals surface area contributed by atoms with Crippen LogP contribution in [0.4, 0.5) is 5.95 Å². The normalized spacial score (nSPS) is 20.9. The Morgan fingerprint density at radius 1 is 1.31 bits per heavy atom. The highest BCUT2D eigenvalue weighted by Crippen LogP contribution is 2.22. The molecule has 2 fully saturated rings. The molecule has 0 saturated carbocycles. The molecule has 1 amide bonds. The Labute approximate surface area is 154 Å². The van der Waals surface area contributed by atoms with Crippen LogP contribution in [0, 0.1) is 0 Å². The van der Waals surface area contributed by atoms with Crippen molar-refractivity contribution in [3.8, 4) is 0 Å². The second-order valence-electron chi connectivity index (χ2n) is 7.12. The molecule has 0 spiro atoms. The molecular formula is C19H26N6O. The fourth-order valence-corrected chi connectivity index (χ4v) is 4.03. The van der Waals surface area contributed by atoms with Crippen LogP contribution in [0.1, 0.15) is 35.7 Å². The molecule has 138 valence electrons. The molecule has 7 heteroatoms. The van der Waals surface area contributed by atoms with Gasteiger partial charge in [0.05, 0.1) is 0 Å². The summed E-state index contributed by atoms with van der Waals surface area (Å²) in [6.45, 7) is 8.20. The number of amides is 1. The minimum absolute atomic E-state index is 0.143. The van der Waals surface area contributed by atoms with Gasteiger partial charge in [0, 0.05) is 44.3 Å². The van der Waals surface area contributed by atoms with Crippen LogP contribution < -0.4 is 5.32 Å². The molecule has 0 bridgehead atoms. The lowest BCUT2D eigenvalue weighted by Gasteiger charge is -2.37. The predicted molar refractivity (Wildman–Crippen MR) is 100.0 cm³/mol. The van der Waals surface area contributed by atoms with Crippen LogP contribution in [0.25, 0.3) is 0 Å². The SMILES string of the molecule is CCn1ncnc1NC(=O)c1cccc(CN2CCN3CCC[C@H]3C2)c1. The van der Waals surface area contributed by atoms with Gasteiger partial charge in [-0.05, 0) is 44.0 Å². The largest absolute Gasteiger partial charge is 0.298 e. The van der Waals surface area contributed by atoms with E-state index in [1.54, 1.807) is 4.68 Å². The molecule has 0 aliphatic carbocycles.